The number of hydrogen-bond donors (Lipinski definition) is 1. The van der Waals surface area contributed by atoms with E-state index in [-0.39, 0.29) is 5.91 Å². The van der Waals surface area contributed by atoms with Crippen LogP contribution in [0.1, 0.15) is 18.6 Å². The van der Waals surface area contributed by atoms with Crippen molar-refractivity contribution in [1.29, 1.82) is 0 Å². The summed E-state index contributed by atoms with van der Waals surface area (Å²) in [6, 6.07) is 9.70. The van der Waals surface area contributed by atoms with Gasteiger partial charge in [-0.25, -0.2) is 0 Å². The van der Waals surface area contributed by atoms with E-state index < -0.39 is 6.10 Å². The van der Waals surface area contributed by atoms with Gasteiger partial charge in [0.1, 0.15) is 0 Å². The largest absolute Gasteiger partial charge is 0.387 e. The van der Waals surface area contributed by atoms with E-state index >= 15 is 0 Å². The van der Waals surface area contributed by atoms with Crippen molar-refractivity contribution in [2.75, 3.05) is 32.7 Å². The summed E-state index contributed by atoms with van der Waals surface area (Å²) in [5, 5.41) is 10.1. The van der Waals surface area contributed by atoms with Crippen LogP contribution in [0, 0.1) is 0 Å². The third-order valence-electron chi connectivity index (χ3n) is 3.43. The minimum Gasteiger partial charge on any atom is -0.387 e. The van der Waals surface area contributed by atoms with Crippen LogP contribution in [-0.2, 0) is 4.79 Å². The summed E-state index contributed by atoms with van der Waals surface area (Å²) in [4.78, 5) is 15.3. The molecule has 0 spiro atoms. The Hall–Kier alpha value is -1.39. The molecule has 2 rings (SSSR count). The highest BCUT2D eigenvalue weighted by molar-refractivity contribution is 5.73. The van der Waals surface area contributed by atoms with Gasteiger partial charge in [-0.3, -0.25) is 9.69 Å². The molecular formula is C14H20N2O2. The number of aliphatic hydroxyl groups excluding tert-OH is 1. The van der Waals surface area contributed by atoms with Gasteiger partial charge in [-0.05, 0) is 5.56 Å². The van der Waals surface area contributed by atoms with Crippen molar-refractivity contribution in [2.45, 2.75) is 13.0 Å². The highest BCUT2D eigenvalue weighted by atomic mass is 16.3. The number of aliphatic hydroxyl groups is 1. The van der Waals surface area contributed by atoms with Crippen molar-refractivity contribution < 1.29 is 9.90 Å². The maximum absolute atomic E-state index is 11.2. The first kappa shape index (κ1) is 13.1. The first-order valence-corrected chi connectivity index (χ1v) is 6.37. The predicted octanol–water partition coefficient (Wildman–Crippen LogP) is 0.884. The first-order chi connectivity index (χ1) is 8.66. The molecule has 1 aliphatic rings. The Labute approximate surface area is 108 Å². The summed E-state index contributed by atoms with van der Waals surface area (Å²) in [6.07, 6.45) is -0.449. The van der Waals surface area contributed by atoms with E-state index in [1.165, 1.54) is 0 Å². The Morgan fingerprint density at radius 2 is 1.83 bits per heavy atom. The predicted molar refractivity (Wildman–Crippen MR) is 70.1 cm³/mol. The smallest absolute Gasteiger partial charge is 0.219 e. The average molecular weight is 248 g/mol. The van der Waals surface area contributed by atoms with E-state index in [1.807, 2.05) is 35.2 Å². The molecule has 1 amide bonds. The zero-order valence-electron chi connectivity index (χ0n) is 10.7. The van der Waals surface area contributed by atoms with Crippen LogP contribution in [0.3, 0.4) is 0 Å². The summed E-state index contributed by atoms with van der Waals surface area (Å²) < 4.78 is 0. The van der Waals surface area contributed by atoms with Crippen LogP contribution in [0.5, 0.6) is 0 Å². The fraction of sp³-hybridized carbons (Fsp3) is 0.500. The lowest BCUT2D eigenvalue weighted by Gasteiger charge is -2.35. The van der Waals surface area contributed by atoms with E-state index in [2.05, 4.69) is 4.90 Å². The van der Waals surface area contributed by atoms with Gasteiger partial charge < -0.3 is 10.0 Å². The van der Waals surface area contributed by atoms with E-state index in [1.54, 1.807) is 6.92 Å². The lowest BCUT2D eigenvalue weighted by Crippen LogP contribution is -2.48. The number of carbonyl (C=O) groups excluding carboxylic acids is 1. The quantitative estimate of drug-likeness (QED) is 0.863. The fourth-order valence-electron chi connectivity index (χ4n) is 2.27. The molecule has 0 unspecified atom stereocenters. The standard InChI is InChI=1S/C14H20N2O2/c1-12(17)16-9-7-15(8-10-16)11-14(18)13-5-3-2-4-6-13/h2-6,14,18H,7-11H2,1H3/t14-/m0/s1. The molecule has 0 bridgehead atoms. The third-order valence-corrected chi connectivity index (χ3v) is 3.43. The van der Waals surface area contributed by atoms with E-state index in [0.717, 1.165) is 31.7 Å². The molecule has 1 atom stereocenters. The molecule has 0 radical (unpaired) electrons. The zero-order chi connectivity index (χ0) is 13.0. The number of amides is 1. The molecule has 1 saturated heterocycles. The topological polar surface area (TPSA) is 43.8 Å². The lowest BCUT2D eigenvalue weighted by atomic mass is 10.1. The molecule has 0 aliphatic carbocycles. The normalized spacial score (nSPS) is 18.7. The highest BCUT2D eigenvalue weighted by Crippen LogP contribution is 2.14. The van der Waals surface area contributed by atoms with Crippen molar-refractivity contribution in [2.24, 2.45) is 0 Å². The summed E-state index contributed by atoms with van der Waals surface area (Å²) in [6.45, 7) is 5.44. The van der Waals surface area contributed by atoms with Gasteiger partial charge in [-0.15, -0.1) is 0 Å². The molecule has 18 heavy (non-hydrogen) atoms. The van der Waals surface area contributed by atoms with Crippen molar-refractivity contribution in [3.63, 3.8) is 0 Å². The number of β-amino-alcohol motifs (C(OH)–C–C–N with tert-alkyl or cyclic N) is 1. The number of nitrogens with zero attached hydrogens (tertiary/aromatic N) is 2. The summed E-state index contributed by atoms with van der Waals surface area (Å²) in [5.41, 5.74) is 0.950. The second kappa shape index (κ2) is 5.98. The van der Waals surface area contributed by atoms with Gasteiger partial charge >= 0.3 is 0 Å². The van der Waals surface area contributed by atoms with Gasteiger partial charge in [-0.1, -0.05) is 30.3 Å². The number of piperazine rings is 1. The fourth-order valence-corrected chi connectivity index (χ4v) is 2.27. The van der Waals surface area contributed by atoms with Crippen LogP contribution >= 0.6 is 0 Å². The van der Waals surface area contributed by atoms with Gasteiger partial charge in [-0.2, -0.15) is 0 Å². The number of carbonyl (C=O) groups is 1. The molecule has 1 fully saturated rings. The van der Waals surface area contributed by atoms with Gasteiger partial charge in [0.2, 0.25) is 5.91 Å². The Morgan fingerprint density at radius 1 is 1.22 bits per heavy atom. The van der Waals surface area contributed by atoms with Crippen LogP contribution in [0.4, 0.5) is 0 Å². The minimum absolute atomic E-state index is 0.137. The van der Waals surface area contributed by atoms with Gasteiger partial charge in [0, 0.05) is 39.6 Å². The molecule has 0 saturated carbocycles. The van der Waals surface area contributed by atoms with Crippen LogP contribution in [0.25, 0.3) is 0 Å². The third kappa shape index (κ3) is 3.31. The first-order valence-electron chi connectivity index (χ1n) is 6.37. The Bertz CT molecular complexity index is 386. The van der Waals surface area contributed by atoms with E-state index in [4.69, 9.17) is 0 Å². The maximum Gasteiger partial charge on any atom is 0.219 e. The molecule has 1 aromatic carbocycles. The number of benzene rings is 1. The molecule has 4 nitrogen and oxygen atoms in total. The molecule has 1 aromatic rings. The minimum atomic E-state index is -0.449. The number of hydrogen-bond acceptors (Lipinski definition) is 3. The van der Waals surface area contributed by atoms with Crippen LogP contribution in [0.2, 0.25) is 0 Å². The zero-order valence-corrected chi connectivity index (χ0v) is 10.7. The molecule has 98 valence electrons. The monoisotopic (exact) mass is 248 g/mol. The average Bonchev–Trinajstić information content (AvgIpc) is 2.40. The summed E-state index contributed by atoms with van der Waals surface area (Å²) in [7, 11) is 0. The van der Waals surface area contributed by atoms with Gasteiger partial charge in [0.15, 0.2) is 0 Å². The van der Waals surface area contributed by atoms with Crippen molar-refractivity contribution in [1.82, 2.24) is 9.80 Å². The molecular weight excluding hydrogens is 228 g/mol. The Kier molecular flexibility index (Phi) is 4.33. The molecule has 1 aliphatic heterocycles. The summed E-state index contributed by atoms with van der Waals surface area (Å²) in [5.74, 6) is 0.137. The Morgan fingerprint density at radius 3 is 2.39 bits per heavy atom. The van der Waals surface area contributed by atoms with Crippen LogP contribution < -0.4 is 0 Å². The molecule has 1 heterocycles. The Balaban J connectivity index is 1.83. The van der Waals surface area contributed by atoms with E-state index in [0.29, 0.717) is 6.54 Å². The lowest BCUT2D eigenvalue weighted by molar-refractivity contribution is -0.130. The summed E-state index contributed by atoms with van der Waals surface area (Å²) >= 11 is 0. The SMILES string of the molecule is CC(=O)N1CCN(C[C@H](O)c2ccccc2)CC1. The van der Waals surface area contributed by atoms with Gasteiger partial charge in [0.05, 0.1) is 6.10 Å². The maximum atomic E-state index is 11.2. The molecule has 1 N–H and O–H groups in total. The van der Waals surface area contributed by atoms with Crippen LogP contribution in [-0.4, -0.2) is 53.5 Å². The highest BCUT2D eigenvalue weighted by Gasteiger charge is 2.20. The van der Waals surface area contributed by atoms with Crippen molar-refractivity contribution in [3.05, 3.63) is 35.9 Å². The second-order valence-electron chi connectivity index (χ2n) is 4.73. The van der Waals surface area contributed by atoms with Crippen molar-refractivity contribution >= 4 is 5.91 Å². The van der Waals surface area contributed by atoms with Gasteiger partial charge in [0.25, 0.3) is 0 Å². The molecule has 0 aromatic heterocycles. The van der Waals surface area contributed by atoms with Crippen molar-refractivity contribution in [3.8, 4) is 0 Å². The molecule has 4 heteroatoms. The van der Waals surface area contributed by atoms with E-state index in [9.17, 15) is 9.90 Å². The number of rotatable bonds is 3. The second-order valence-corrected chi connectivity index (χ2v) is 4.73. The van der Waals surface area contributed by atoms with Crippen LogP contribution in [0.15, 0.2) is 30.3 Å².